The van der Waals surface area contributed by atoms with Crippen LogP contribution >= 0.6 is 23.2 Å². The number of nitrogens with zero attached hydrogens (tertiary/aromatic N) is 1. The summed E-state index contributed by atoms with van der Waals surface area (Å²) in [6.07, 6.45) is 0. The molecular weight excluding hydrogens is 361 g/mol. The summed E-state index contributed by atoms with van der Waals surface area (Å²) in [5, 5.41) is 6.45. The van der Waals surface area contributed by atoms with Gasteiger partial charge in [0.1, 0.15) is 6.54 Å². The van der Waals surface area contributed by atoms with Gasteiger partial charge in [-0.25, -0.2) is 4.68 Å². The van der Waals surface area contributed by atoms with Crippen molar-refractivity contribution in [2.75, 3.05) is 5.32 Å². The van der Waals surface area contributed by atoms with Crippen LogP contribution in [-0.2, 0) is 11.3 Å². The molecule has 1 heterocycles. The molecule has 7 heteroatoms. The summed E-state index contributed by atoms with van der Waals surface area (Å²) in [6, 6.07) is 14.0. The number of carbonyl (C=O) groups excluding carboxylic acids is 1. The van der Waals surface area contributed by atoms with Crippen LogP contribution in [0.2, 0.25) is 10.0 Å². The fourth-order valence-corrected chi connectivity index (χ4v) is 2.93. The highest BCUT2D eigenvalue weighted by atomic mass is 35.5. The third-order valence-electron chi connectivity index (χ3n) is 3.60. The van der Waals surface area contributed by atoms with Crippen LogP contribution < -0.4 is 10.9 Å². The smallest absolute Gasteiger partial charge is 0.267 e. The number of carbonyl (C=O) groups is 1. The molecule has 25 heavy (non-hydrogen) atoms. The average Bonchev–Trinajstić information content (AvgIpc) is 2.87. The van der Waals surface area contributed by atoms with Crippen LogP contribution in [0.15, 0.2) is 53.3 Å². The van der Waals surface area contributed by atoms with Crippen molar-refractivity contribution in [2.24, 2.45) is 0 Å². The monoisotopic (exact) mass is 375 g/mol. The van der Waals surface area contributed by atoms with Crippen LogP contribution in [-0.4, -0.2) is 15.7 Å². The molecule has 0 saturated carbocycles. The van der Waals surface area contributed by atoms with E-state index in [4.69, 9.17) is 23.2 Å². The maximum atomic E-state index is 12.2. The Labute approximate surface area is 154 Å². The Morgan fingerprint density at radius 2 is 1.72 bits per heavy atom. The molecule has 1 aromatic heterocycles. The molecule has 0 unspecified atom stereocenters. The number of halogens is 2. The van der Waals surface area contributed by atoms with Crippen molar-refractivity contribution in [3.63, 3.8) is 0 Å². The van der Waals surface area contributed by atoms with Crippen molar-refractivity contribution >= 4 is 34.8 Å². The van der Waals surface area contributed by atoms with Gasteiger partial charge < -0.3 is 5.32 Å². The predicted molar refractivity (Wildman–Crippen MR) is 100 cm³/mol. The van der Waals surface area contributed by atoms with Crippen molar-refractivity contribution in [1.82, 2.24) is 9.78 Å². The molecule has 2 aromatic carbocycles. The lowest BCUT2D eigenvalue weighted by atomic mass is 10.1. The number of amides is 1. The molecule has 0 saturated heterocycles. The normalized spacial score (nSPS) is 10.7. The van der Waals surface area contributed by atoms with E-state index in [1.54, 1.807) is 18.2 Å². The van der Waals surface area contributed by atoms with Gasteiger partial charge in [-0.15, -0.1) is 0 Å². The summed E-state index contributed by atoms with van der Waals surface area (Å²) in [6.45, 7) is 1.85. The van der Waals surface area contributed by atoms with E-state index in [2.05, 4.69) is 10.4 Å². The Morgan fingerprint density at radius 3 is 2.36 bits per heavy atom. The number of aromatic amines is 1. The number of benzene rings is 2. The Morgan fingerprint density at radius 1 is 1.08 bits per heavy atom. The van der Waals surface area contributed by atoms with Gasteiger partial charge in [-0.1, -0.05) is 53.0 Å². The highest BCUT2D eigenvalue weighted by Crippen LogP contribution is 2.22. The van der Waals surface area contributed by atoms with Gasteiger partial charge in [0.15, 0.2) is 0 Å². The molecule has 0 radical (unpaired) electrons. The number of aryl methyl sites for hydroxylation is 1. The van der Waals surface area contributed by atoms with Crippen molar-refractivity contribution < 1.29 is 4.79 Å². The molecule has 128 valence electrons. The largest absolute Gasteiger partial charge is 0.324 e. The second-order valence-electron chi connectivity index (χ2n) is 5.67. The number of nitrogens with one attached hydrogen (secondary N) is 2. The Bertz CT molecular complexity index is 954. The molecular formula is C18H15Cl2N3O2. The van der Waals surface area contributed by atoms with Gasteiger partial charge in [0.25, 0.3) is 5.56 Å². The zero-order valence-corrected chi connectivity index (χ0v) is 14.9. The fourth-order valence-electron chi connectivity index (χ4n) is 2.40. The maximum absolute atomic E-state index is 12.2. The van der Waals surface area contributed by atoms with E-state index in [9.17, 15) is 9.59 Å². The SMILES string of the molecule is Cc1ccc(-c2cc(=O)n(CC(=O)Nc3cc(Cl)cc(Cl)c3)[nH]2)cc1. The maximum Gasteiger partial charge on any atom is 0.267 e. The van der Waals surface area contributed by atoms with Crippen molar-refractivity contribution in [2.45, 2.75) is 13.5 Å². The first-order valence-electron chi connectivity index (χ1n) is 7.53. The lowest BCUT2D eigenvalue weighted by Crippen LogP contribution is -2.25. The average molecular weight is 376 g/mol. The quantitative estimate of drug-likeness (QED) is 0.720. The summed E-state index contributed by atoms with van der Waals surface area (Å²) in [5.41, 5.74) is 2.85. The molecule has 0 bridgehead atoms. The van der Waals surface area contributed by atoms with Gasteiger partial charge in [0.2, 0.25) is 5.91 Å². The van der Waals surface area contributed by atoms with Gasteiger partial charge in [0.05, 0.1) is 5.69 Å². The fraction of sp³-hybridized carbons (Fsp3) is 0.111. The van der Waals surface area contributed by atoms with Gasteiger partial charge in [-0.2, -0.15) is 0 Å². The second-order valence-corrected chi connectivity index (χ2v) is 6.54. The second kappa shape index (κ2) is 7.17. The molecule has 0 aliphatic carbocycles. The zero-order chi connectivity index (χ0) is 18.0. The molecule has 0 spiro atoms. The van der Waals surface area contributed by atoms with E-state index in [0.717, 1.165) is 11.1 Å². The first kappa shape index (κ1) is 17.3. The van der Waals surface area contributed by atoms with Crippen molar-refractivity contribution in [3.05, 3.63) is 74.5 Å². The van der Waals surface area contributed by atoms with E-state index in [0.29, 0.717) is 21.4 Å². The number of hydrogen-bond acceptors (Lipinski definition) is 2. The lowest BCUT2D eigenvalue weighted by molar-refractivity contribution is -0.116. The highest BCUT2D eigenvalue weighted by molar-refractivity contribution is 6.35. The van der Waals surface area contributed by atoms with Crippen molar-refractivity contribution in [1.29, 1.82) is 0 Å². The van der Waals surface area contributed by atoms with Crippen LogP contribution in [0.3, 0.4) is 0 Å². The molecule has 3 rings (SSSR count). The first-order chi connectivity index (χ1) is 11.9. The van der Waals surface area contributed by atoms with E-state index in [1.807, 2.05) is 31.2 Å². The highest BCUT2D eigenvalue weighted by Gasteiger charge is 2.10. The third kappa shape index (κ3) is 4.32. The van der Waals surface area contributed by atoms with Crippen LogP contribution in [0.1, 0.15) is 5.56 Å². The topological polar surface area (TPSA) is 66.9 Å². The number of aromatic nitrogens is 2. The van der Waals surface area contributed by atoms with E-state index < -0.39 is 0 Å². The van der Waals surface area contributed by atoms with E-state index >= 15 is 0 Å². The molecule has 3 aromatic rings. The molecule has 0 atom stereocenters. The van der Waals surface area contributed by atoms with E-state index in [1.165, 1.54) is 10.7 Å². The number of rotatable bonds is 4. The summed E-state index contributed by atoms with van der Waals surface area (Å²) in [7, 11) is 0. The number of H-pyrrole nitrogens is 1. The van der Waals surface area contributed by atoms with Gasteiger partial charge in [0, 0.05) is 21.8 Å². The summed E-state index contributed by atoms with van der Waals surface area (Å²) < 4.78 is 1.25. The van der Waals surface area contributed by atoms with Crippen LogP contribution in [0, 0.1) is 6.92 Å². The van der Waals surface area contributed by atoms with Gasteiger partial charge >= 0.3 is 0 Å². The molecule has 1 amide bonds. The zero-order valence-electron chi connectivity index (χ0n) is 13.3. The number of anilines is 1. The van der Waals surface area contributed by atoms with Crippen LogP contribution in [0.5, 0.6) is 0 Å². The molecule has 0 fully saturated rings. The standard InChI is InChI=1S/C18H15Cl2N3O2/c1-11-2-4-12(5-3-11)16-9-18(25)23(22-16)10-17(24)21-15-7-13(19)6-14(20)8-15/h2-9,22H,10H2,1H3,(H,21,24). The van der Waals surface area contributed by atoms with E-state index in [-0.39, 0.29) is 18.0 Å². The summed E-state index contributed by atoms with van der Waals surface area (Å²) in [4.78, 5) is 24.3. The Kier molecular flexibility index (Phi) is 4.97. The molecule has 5 nitrogen and oxygen atoms in total. The van der Waals surface area contributed by atoms with Gasteiger partial charge in [-0.05, 0) is 30.7 Å². The van der Waals surface area contributed by atoms with Crippen LogP contribution in [0.4, 0.5) is 5.69 Å². The molecule has 0 aliphatic heterocycles. The lowest BCUT2D eigenvalue weighted by Gasteiger charge is -2.07. The third-order valence-corrected chi connectivity index (χ3v) is 4.04. The summed E-state index contributed by atoms with van der Waals surface area (Å²) >= 11 is 11.8. The minimum atomic E-state index is -0.363. The minimum Gasteiger partial charge on any atom is -0.324 e. The Hall–Kier alpha value is -2.50. The first-order valence-corrected chi connectivity index (χ1v) is 8.29. The van der Waals surface area contributed by atoms with Crippen LogP contribution in [0.25, 0.3) is 11.3 Å². The number of hydrogen-bond donors (Lipinski definition) is 2. The molecule has 0 aliphatic rings. The minimum absolute atomic E-state index is 0.144. The van der Waals surface area contributed by atoms with Gasteiger partial charge in [-0.3, -0.25) is 14.7 Å². The summed E-state index contributed by atoms with van der Waals surface area (Å²) in [5.74, 6) is -0.363. The Balaban J connectivity index is 1.75. The van der Waals surface area contributed by atoms with Crippen molar-refractivity contribution in [3.8, 4) is 11.3 Å². The molecule has 2 N–H and O–H groups in total. The predicted octanol–water partition coefficient (Wildman–Crippen LogP) is 4.10.